The summed E-state index contributed by atoms with van der Waals surface area (Å²) in [6.45, 7) is 3.99. The lowest BCUT2D eigenvalue weighted by Crippen LogP contribution is -2.25. The third-order valence-electron chi connectivity index (χ3n) is 3.97. The van der Waals surface area contributed by atoms with Gasteiger partial charge in [0.05, 0.1) is 12.1 Å². The average Bonchev–Trinajstić information content (AvgIpc) is 3.26. The van der Waals surface area contributed by atoms with Crippen LogP contribution in [0.3, 0.4) is 0 Å². The Labute approximate surface area is 161 Å². The van der Waals surface area contributed by atoms with Crippen LogP contribution in [-0.2, 0) is 27.8 Å². The van der Waals surface area contributed by atoms with E-state index in [1.165, 1.54) is 0 Å². The van der Waals surface area contributed by atoms with Crippen molar-refractivity contribution in [3.8, 4) is 0 Å². The molecule has 0 unspecified atom stereocenters. The lowest BCUT2D eigenvalue weighted by atomic mass is 10.1. The number of rotatable bonds is 7. The molecule has 3 rings (SSSR count). The van der Waals surface area contributed by atoms with E-state index >= 15 is 0 Å². The Kier molecular flexibility index (Phi) is 5.62. The van der Waals surface area contributed by atoms with Crippen molar-refractivity contribution >= 4 is 33.0 Å². The number of carbonyl (C=O) groups is 1. The third kappa shape index (κ3) is 4.75. The van der Waals surface area contributed by atoms with Gasteiger partial charge in [-0.1, -0.05) is 23.4 Å². The van der Waals surface area contributed by atoms with Gasteiger partial charge in [-0.05, 0) is 43.0 Å². The van der Waals surface area contributed by atoms with Crippen molar-refractivity contribution in [3.63, 3.8) is 0 Å². The Bertz CT molecular complexity index is 1000. The zero-order chi connectivity index (χ0) is 19.4. The van der Waals surface area contributed by atoms with Gasteiger partial charge in [0.25, 0.3) is 10.0 Å². The van der Waals surface area contributed by atoms with E-state index in [1.807, 2.05) is 6.92 Å². The molecule has 9 heteroatoms. The largest absolute Gasteiger partial charge is 0.361 e. The summed E-state index contributed by atoms with van der Waals surface area (Å²) in [5.41, 5.74) is 2.87. The fourth-order valence-electron chi connectivity index (χ4n) is 2.50. The highest BCUT2D eigenvalue weighted by atomic mass is 32.2. The standard InChI is InChI=1S/C18H19N3O4S2/c1-12-16(13(2)25-20-12)11-19-17(22)10-14-5-7-15(8-6-14)21-27(23,24)18-4-3-9-26-18/h3-9,21H,10-11H2,1-2H3,(H,19,22). The normalized spacial score (nSPS) is 11.3. The van der Waals surface area contributed by atoms with Gasteiger partial charge in [-0.25, -0.2) is 8.42 Å². The molecule has 0 fully saturated rings. The first-order chi connectivity index (χ1) is 12.8. The molecular weight excluding hydrogens is 386 g/mol. The number of hydrogen-bond acceptors (Lipinski definition) is 6. The van der Waals surface area contributed by atoms with Crippen LogP contribution in [0.25, 0.3) is 0 Å². The van der Waals surface area contributed by atoms with Gasteiger partial charge in [0.2, 0.25) is 5.91 Å². The first-order valence-corrected chi connectivity index (χ1v) is 10.5. The van der Waals surface area contributed by atoms with Crippen molar-refractivity contribution in [3.05, 3.63) is 64.4 Å². The van der Waals surface area contributed by atoms with Gasteiger partial charge in [-0.3, -0.25) is 9.52 Å². The van der Waals surface area contributed by atoms with Gasteiger partial charge in [0, 0.05) is 17.8 Å². The molecule has 0 saturated heterocycles. The number of sulfonamides is 1. The summed E-state index contributed by atoms with van der Waals surface area (Å²) in [6, 6.07) is 9.96. The number of nitrogens with one attached hydrogen (secondary N) is 2. The van der Waals surface area contributed by atoms with E-state index < -0.39 is 10.0 Å². The Balaban J connectivity index is 1.56. The molecule has 0 atom stereocenters. The van der Waals surface area contributed by atoms with Crippen LogP contribution in [0, 0.1) is 13.8 Å². The Morgan fingerprint density at radius 2 is 1.93 bits per heavy atom. The molecule has 0 aliphatic carbocycles. The minimum atomic E-state index is -3.57. The zero-order valence-corrected chi connectivity index (χ0v) is 16.5. The number of anilines is 1. The first kappa shape index (κ1) is 19.1. The molecule has 1 amide bonds. The van der Waals surface area contributed by atoms with Crippen LogP contribution < -0.4 is 10.0 Å². The molecular formula is C18H19N3O4S2. The van der Waals surface area contributed by atoms with Gasteiger partial charge < -0.3 is 9.84 Å². The summed E-state index contributed by atoms with van der Waals surface area (Å²) in [6.07, 6.45) is 0.196. The highest BCUT2D eigenvalue weighted by Gasteiger charge is 2.15. The van der Waals surface area contributed by atoms with Crippen LogP contribution in [0.2, 0.25) is 0 Å². The number of carbonyl (C=O) groups excluding carboxylic acids is 1. The topological polar surface area (TPSA) is 101 Å². The molecule has 3 aromatic rings. The number of benzene rings is 1. The predicted octanol–water partition coefficient (Wildman–Crippen LogP) is 3.01. The van der Waals surface area contributed by atoms with Gasteiger partial charge in [-0.15, -0.1) is 11.3 Å². The first-order valence-electron chi connectivity index (χ1n) is 8.19. The third-order valence-corrected chi connectivity index (χ3v) is 6.75. The Morgan fingerprint density at radius 3 is 2.52 bits per heavy atom. The highest BCUT2D eigenvalue weighted by Crippen LogP contribution is 2.20. The van der Waals surface area contributed by atoms with Crippen LogP contribution in [0.1, 0.15) is 22.6 Å². The number of thiophene rings is 1. The number of hydrogen-bond donors (Lipinski definition) is 2. The summed E-state index contributed by atoms with van der Waals surface area (Å²) < 4.78 is 32.2. The molecule has 0 aliphatic heterocycles. The SMILES string of the molecule is Cc1noc(C)c1CNC(=O)Cc1ccc(NS(=O)(=O)c2cccs2)cc1. The van der Waals surface area contributed by atoms with E-state index in [2.05, 4.69) is 15.2 Å². The number of amides is 1. The zero-order valence-electron chi connectivity index (χ0n) is 14.9. The summed E-state index contributed by atoms with van der Waals surface area (Å²) in [7, 11) is -3.57. The molecule has 0 saturated carbocycles. The number of aryl methyl sites for hydroxylation is 2. The molecule has 27 heavy (non-hydrogen) atoms. The van der Waals surface area contributed by atoms with E-state index in [1.54, 1.807) is 48.7 Å². The lowest BCUT2D eigenvalue weighted by Gasteiger charge is -2.08. The lowest BCUT2D eigenvalue weighted by molar-refractivity contribution is -0.120. The second-order valence-corrected chi connectivity index (χ2v) is 8.85. The molecule has 0 radical (unpaired) electrons. The van der Waals surface area contributed by atoms with E-state index in [9.17, 15) is 13.2 Å². The van der Waals surface area contributed by atoms with Crippen molar-refractivity contribution in [2.24, 2.45) is 0 Å². The molecule has 1 aromatic carbocycles. The average molecular weight is 406 g/mol. The van der Waals surface area contributed by atoms with Crippen LogP contribution in [0.4, 0.5) is 5.69 Å². The van der Waals surface area contributed by atoms with Crippen LogP contribution in [0.15, 0.2) is 50.5 Å². The molecule has 0 aliphatic rings. The van der Waals surface area contributed by atoms with Gasteiger partial charge in [-0.2, -0.15) is 0 Å². The van der Waals surface area contributed by atoms with Crippen LogP contribution in [0.5, 0.6) is 0 Å². The summed E-state index contributed by atoms with van der Waals surface area (Å²) in [5, 5.41) is 8.40. The molecule has 142 valence electrons. The second kappa shape index (κ2) is 7.93. The summed E-state index contributed by atoms with van der Waals surface area (Å²) in [4.78, 5) is 12.1. The number of aromatic nitrogens is 1. The Morgan fingerprint density at radius 1 is 1.19 bits per heavy atom. The molecule has 7 nitrogen and oxygen atoms in total. The second-order valence-electron chi connectivity index (χ2n) is 5.99. The highest BCUT2D eigenvalue weighted by molar-refractivity contribution is 7.94. The maximum atomic E-state index is 12.2. The summed E-state index contributed by atoms with van der Waals surface area (Å²) in [5.74, 6) is 0.553. The predicted molar refractivity (Wildman–Crippen MR) is 103 cm³/mol. The maximum absolute atomic E-state index is 12.2. The number of nitrogens with zero attached hydrogens (tertiary/aromatic N) is 1. The fourth-order valence-corrected chi connectivity index (χ4v) is 4.55. The fraction of sp³-hybridized carbons (Fsp3) is 0.222. The maximum Gasteiger partial charge on any atom is 0.271 e. The quantitative estimate of drug-likeness (QED) is 0.629. The van der Waals surface area contributed by atoms with Gasteiger partial charge >= 0.3 is 0 Å². The minimum Gasteiger partial charge on any atom is -0.361 e. The van der Waals surface area contributed by atoms with E-state index in [0.717, 1.165) is 28.2 Å². The van der Waals surface area contributed by atoms with Crippen molar-refractivity contribution in [1.29, 1.82) is 0 Å². The van der Waals surface area contributed by atoms with Crippen molar-refractivity contribution in [2.45, 2.75) is 31.0 Å². The minimum absolute atomic E-state index is 0.137. The molecule has 0 bridgehead atoms. The smallest absolute Gasteiger partial charge is 0.271 e. The van der Waals surface area contributed by atoms with Gasteiger partial charge in [0.15, 0.2) is 0 Å². The van der Waals surface area contributed by atoms with Gasteiger partial charge in [0.1, 0.15) is 9.97 Å². The van der Waals surface area contributed by atoms with Crippen LogP contribution in [-0.4, -0.2) is 19.5 Å². The molecule has 2 N–H and O–H groups in total. The van der Waals surface area contributed by atoms with Crippen molar-refractivity contribution in [1.82, 2.24) is 10.5 Å². The molecule has 0 spiro atoms. The van der Waals surface area contributed by atoms with E-state index in [-0.39, 0.29) is 16.5 Å². The molecule has 2 aromatic heterocycles. The van der Waals surface area contributed by atoms with E-state index in [0.29, 0.717) is 18.0 Å². The monoisotopic (exact) mass is 405 g/mol. The Hall–Kier alpha value is -2.65. The van der Waals surface area contributed by atoms with Crippen LogP contribution >= 0.6 is 11.3 Å². The summed E-state index contributed by atoms with van der Waals surface area (Å²) >= 11 is 1.15. The van der Waals surface area contributed by atoms with Crippen molar-refractivity contribution in [2.75, 3.05) is 4.72 Å². The molecule has 2 heterocycles. The van der Waals surface area contributed by atoms with E-state index in [4.69, 9.17) is 4.52 Å². The van der Waals surface area contributed by atoms with Crippen molar-refractivity contribution < 1.29 is 17.7 Å².